The first-order valence-electron chi connectivity index (χ1n) is 11.3. The zero-order chi connectivity index (χ0) is 23.2. The van der Waals surface area contributed by atoms with E-state index in [1.807, 2.05) is 18.2 Å². The van der Waals surface area contributed by atoms with Crippen molar-refractivity contribution < 1.29 is 13.6 Å². The zero-order valence-corrected chi connectivity index (χ0v) is 18.8. The predicted octanol–water partition coefficient (Wildman–Crippen LogP) is 3.95. The summed E-state index contributed by atoms with van der Waals surface area (Å²) in [6.45, 7) is 7.42. The quantitative estimate of drug-likeness (QED) is 0.638. The Hall–Kier alpha value is -3.13. The number of aromatic nitrogens is 3. The minimum absolute atomic E-state index is 0.0719. The maximum Gasteiger partial charge on any atom is 0.256 e. The van der Waals surface area contributed by atoms with Crippen LogP contribution in [-0.2, 0) is 6.54 Å². The second-order valence-electron chi connectivity index (χ2n) is 9.59. The van der Waals surface area contributed by atoms with Gasteiger partial charge in [-0.05, 0) is 23.8 Å². The van der Waals surface area contributed by atoms with Crippen molar-refractivity contribution in [2.45, 2.75) is 32.2 Å². The molecule has 33 heavy (non-hydrogen) atoms. The van der Waals surface area contributed by atoms with Crippen molar-refractivity contribution in [2.75, 3.05) is 26.2 Å². The smallest absolute Gasteiger partial charge is 0.256 e. The van der Waals surface area contributed by atoms with Crippen LogP contribution < -0.4 is 0 Å². The van der Waals surface area contributed by atoms with E-state index < -0.39 is 17.5 Å². The molecule has 1 atom stereocenters. The summed E-state index contributed by atoms with van der Waals surface area (Å²) in [4.78, 5) is 21.7. The molecule has 3 aromatic rings. The van der Waals surface area contributed by atoms with Gasteiger partial charge in [0.25, 0.3) is 5.91 Å². The summed E-state index contributed by atoms with van der Waals surface area (Å²) in [5, 5.41) is 7.52. The van der Waals surface area contributed by atoms with Crippen molar-refractivity contribution in [3.05, 3.63) is 82.9 Å². The average molecular weight is 452 g/mol. The first-order valence-corrected chi connectivity index (χ1v) is 11.3. The summed E-state index contributed by atoms with van der Waals surface area (Å²) in [5.74, 6) is 0.0941. The molecule has 6 nitrogen and oxygen atoms in total. The standard InChI is InChI=1S/C25H27F2N5O/c1-16(2)22-28-23(30-29-22)20-12-31(11-17-6-4-3-5-7-17)13-25(20)14-32(15-25)24(33)19-10-18(26)8-9-21(19)27/h3-10,16,20H,11-15H2,1-2H3,(H,28,29,30). The van der Waals surface area contributed by atoms with Gasteiger partial charge in [-0.1, -0.05) is 44.2 Å². The van der Waals surface area contributed by atoms with Crippen LogP contribution in [-0.4, -0.2) is 57.1 Å². The summed E-state index contributed by atoms with van der Waals surface area (Å²) >= 11 is 0. The van der Waals surface area contributed by atoms with Gasteiger partial charge in [-0.25, -0.2) is 13.8 Å². The molecule has 172 valence electrons. The molecule has 2 aromatic carbocycles. The molecule has 2 aliphatic heterocycles. The monoisotopic (exact) mass is 451 g/mol. The van der Waals surface area contributed by atoms with E-state index in [-0.39, 0.29) is 22.8 Å². The lowest BCUT2D eigenvalue weighted by Gasteiger charge is -2.50. The molecule has 1 amide bonds. The van der Waals surface area contributed by atoms with Crippen molar-refractivity contribution in [3.8, 4) is 0 Å². The molecule has 1 unspecified atom stereocenters. The van der Waals surface area contributed by atoms with Crippen molar-refractivity contribution in [3.63, 3.8) is 0 Å². The van der Waals surface area contributed by atoms with Gasteiger partial charge in [0.15, 0.2) is 5.82 Å². The Kier molecular flexibility index (Phi) is 5.48. The number of nitrogens with zero attached hydrogens (tertiary/aromatic N) is 4. The Labute approximate surface area is 191 Å². The number of carbonyl (C=O) groups is 1. The average Bonchev–Trinajstić information content (AvgIpc) is 3.40. The highest BCUT2D eigenvalue weighted by atomic mass is 19.1. The van der Waals surface area contributed by atoms with Gasteiger partial charge in [0.05, 0.1) is 5.56 Å². The van der Waals surface area contributed by atoms with E-state index in [9.17, 15) is 13.6 Å². The molecule has 3 heterocycles. The van der Waals surface area contributed by atoms with Gasteiger partial charge in [0, 0.05) is 50.0 Å². The maximum atomic E-state index is 14.2. The van der Waals surface area contributed by atoms with Gasteiger partial charge in [-0.15, -0.1) is 0 Å². The Morgan fingerprint density at radius 1 is 1.15 bits per heavy atom. The van der Waals surface area contributed by atoms with Gasteiger partial charge < -0.3 is 4.90 Å². The van der Waals surface area contributed by atoms with Crippen LogP contribution in [0.1, 0.15) is 53.3 Å². The number of nitrogens with one attached hydrogen (secondary N) is 1. The normalized spacial score (nSPS) is 19.9. The largest absolute Gasteiger partial charge is 0.337 e. The molecule has 0 radical (unpaired) electrons. The summed E-state index contributed by atoms with van der Waals surface area (Å²) in [6.07, 6.45) is 0. The molecule has 1 spiro atoms. The highest BCUT2D eigenvalue weighted by Crippen LogP contribution is 2.49. The number of aromatic amines is 1. The van der Waals surface area contributed by atoms with Crippen molar-refractivity contribution in [1.29, 1.82) is 0 Å². The molecule has 2 saturated heterocycles. The fraction of sp³-hybridized carbons (Fsp3) is 0.400. The van der Waals surface area contributed by atoms with E-state index in [0.29, 0.717) is 13.1 Å². The molecule has 1 aromatic heterocycles. The predicted molar refractivity (Wildman–Crippen MR) is 120 cm³/mol. The summed E-state index contributed by atoms with van der Waals surface area (Å²) in [7, 11) is 0. The number of carbonyl (C=O) groups excluding carboxylic acids is 1. The summed E-state index contributed by atoms with van der Waals surface area (Å²) in [6, 6.07) is 13.3. The van der Waals surface area contributed by atoms with Gasteiger partial charge in [0.1, 0.15) is 17.5 Å². The van der Waals surface area contributed by atoms with Crippen LogP contribution in [0.2, 0.25) is 0 Å². The molecule has 1 N–H and O–H groups in total. The fourth-order valence-corrected chi connectivity index (χ4v) is 5.12. The van der Waals surface area contributed by atoms with E-state index in [1.54, 1.807) is 4.90 Å². The minimum Gasteiger partial charge on any atom is -0.337 e. The number of amides is 1. The topological polar surface area (TPSA) is 65.1 Å². The number of hydrogen-bond acceptors (Lipinski definition) is 4. The Morgan fingerprint density at radius 3 is 2.61 bits per heavy atom. The van der Waals surface area contributed by atoms with Crippen LogP contribution in [0.25, 0.3) is 0 Å². The number of rotatable bonds is 5. The third-order valence-electron chi connectivity index (χ3n) is 6.79. The molecular formula is C25H27F2N5O. The van der Waals surface area contributed by atoms with E-state index in [2.05, 4.69) is 41.1 Å². The molecule has 0 saturated carbocycles. The van der Waals surface area contributed by atoms with E-state index in [0.717, 1.165) is 49.5 Å². The maximum absolute atomic E-state index is 14.2. The van der Waals surface area contributed by atoms with Crippen molar-refractivity contribution in [2.24, 2.45) is 5.41 Å². The van der Waals surface area contributed by atoms with Gasteiger partial charge in [-0.2, -0.15) is 5.10 Å². The van der Waals surface area contributed by atoms with Gasteiger partial charge in [0.2, 0.25) is 0 Å². The lowest BCUT2D eigenvalue weighted by molar-refractivity contribution is 0.00143. The third-order valence-corrected chi connectivity index (χ3v) is 6.79. The SMILES string of the molecule is CC(C)c1n[nH]c(C2CN(Cc3ccccc3)CC23CN(C(=O)c2cc(F)ccc2F)C3)n1. The molecule has 2 aliphatic rings. The minimum atomic E-state index is -0.701. The molecule has 0 aliphatic carbocycles. The number of hydrogen-bond donors (Lipinski definition) is 1. The highest BCUT2D eigenvalue weighted by molar-refractivity contribution is 5.95. The van der Waals surface area contributed by atoms with Crippen LogP contribution in [0.4, 0.5) is 8.78 Å². The number of benzene rings is 2. The van der Waals surface area contributed by atoms with Gasteiger partial charge in [-0.3, -0.25) is 14.8 Å². The second-order valence-corrected chi connectivity index (χ2v) is 9.59. The Balaban J connectivity index is 1.38. The Morgan fingerprint density at radius 2 is 1.91 bits per heavy atom. The second kappa shape index (κ2) is 8.33. The Bertz CT molecular complexity index is 1160. The van der Waals surface area contributed by atoms with Crippen LogP contribution in [0.5, 0.6) is 0 Å². The van der Waals surface area contributed by atoms with Crippen LogP contribution in [0, 0.1) is 17.0 Å². The first-order chi connectivity index (χ1) is 15.8. The number of halogens is 2. The lowest BCUT2D eigenvalue weighted by Crippen LogP contribution is -2.61. The van der Waals surface area contributed by atoms with Crippen LogP contribution in [0.15, 0.2) is 48.5 Å². The number of likely N-dealkylation sites (tertiary alicyclic amines) is 2. The van der Waals surface area contributed by atoms with Crippen LogP contribution in [0.3, 0.4) is 0 Å². The summed E-state index contributed by atoms with van der Waals surface area (Å²) in [5.41, 5.74) is 0.798. The molecule has 8 heteroatoms. The first kappa shape index (κ1) is 21.7. The molecular weight excluding hydrogens is 424 g/mol. The van der Waals surface area contributed by atoms with E-state index >= 15 is 0 Å². The lowest BCUT2D eigenvalue weighted by atomic mass is 9.71. The van der Waals surface area contributed by atoms with Crippen molar-refractivity contribution >= 4 is 5.91 Å². The fourth-order valence-electron chi connectivity index (χ4n) is 5.12. The molecule has 2 fully saturated rings. The van der Waals surface area contributed by atoms with Crippen molar-refractivity contribution in [1.82, 2.24) is 25.0 Å². The molecule has 5 rings (SSSR count). The zero-order valence-electron chi connectivity index (χ0n) is 18.8. The van der Waals surface area contributed by atoms with Crippen LogP contribution >= 0.6 is 0 Å². The van der Waals surface area contributed by atoms with E-state index in [4.69, 9.17) is 4.98 Å². The molecule has 0 bridgehead atoms. The van der Waals surface area contributed by atoms with Gasteiger partial charge >= 0.3 is 0 Å². The number of H-pyrrole nitrogens is 1. The van der Waals surface area contributed by atoms with E-state index in [1.165, 1.54) is 5.56 Å². The summed E-state index contributed by atoms with van der Waals surface area (Å²) < 4.78 is 27.8. The highest BCUT2D eigenvalue weighted by Gasteiger charge is 2.57. The third kappa shape index (κ3) is 4.04.